The summed E-state index contributed by atoms with van der Waals surface area (Å²) in [6.45, 7) is 3.03. The fourth-order valence-electron chi connectivity index (χ4n) is 3.37. The highest BCUT2D eigenvalue weighted by molar-refractivity contribution is 5.81. The third-order valence-corrected chi connectivity index (χ3v) is 5.02. The number of nitrogens with one attached hydrogen (secondary N) is 1. The highest BCUT2D eigenvalue weighted by Crippen LogP contribution is 2.42. The first-order valence-corrected chi connectivity index (χ1v) is 8.84. The number of aromatic nitrogens is 2. The molecular weight excluding hydrogens is 318 g/mol. The Morgan fingerprint density at radius 3 is 3.00 bits per heavy atom. The summed E-state index contributed by atoms with van der Waals surface area (Å²) in [5.41, 5.74) is 4.38. The van der Waals surface area contributed by atoms with Gasteiger partial charge in [0.15, 0.2) is 6.10 Å². The van der Waals surface area contributed by atoms with E-state index < -0.39 is 6.10 Å². The van der Waals surface area contributed by atoms with Crippen molar-refractivity contribution in [2.45, 2.75) is 44.8 Å². The van der Waals surface area contributed by atoms with Gasteiger partial charge >= 0.3 is 0 Å². The zero-order valence-electron chi connectivity index (χ0n) is 14.4. The molecule has 2 aromatic rings. The summed E-state index contributed by atoms with van der Waals surface area (Å²) in [4.78, 5) is 14.3. The topological polar surface area (TPSA) is 78.5 Å². The minimum absolute atomic E-state index is 0.0338. The highest BCUT2D eigenvalue weighted by Gasteiger charge is 2.34. The molecule has 1 aliphatic carbocycles. The number of carbonyl (C=O) groups is 1. The lowest BCUT2D eigenvalue weighted by atomic mass is 10.0. The quantitative estimate of drug-likeness (QED) is 0.871. The van der Waals surface area contributed by atoms with Gasteiger partial charge in [0.1, 0.15) is 12.4 Å². The molecule has 4 rings (SSSR count). The van der Waals surface area contributed by atoms with Crippen LogP contribution in [-0.4, -0.2) is 45.4 Å². The van der Waals surface area contributed by atoms with Crippen molar-refractivity contribution < 1.29 is 14.6 Å². The van der Waals surface area contributed by atoms with Gasteiger partial charge in [-0.3, -0.25) is 9.89 Å². The second-order valence-electron chi connectivity index (χ2n) is 6.94. The maximum Gasteiger partial charge on any atom is 0.255 e. The Morgan fingerprint density at radius 1 is 1.44 bits per heavy atom. The average molecular weight is 341 g/mol. The number of rotatable bonds is 5. The number of hydrogen-bond acceptors (Lipinski definition) is 4. The van der Waals surface area contributed by atoms with Gasteiger partial charge in [-0.15, -0.1) is 0 Å². The monoisotopic (exact) mass is 341 g/mol. The van der Waals surface area contributed by atoms with E-state index in [0.29, 0.717) is 24.8 Å². The van der Waals surface area contributed by atoms with Crippen LogP contribution in [0, 0.1) is 6.92 Å². The molecule has 1 aliphatic heterocycles. The maximum absolute atomic E-state index is 12.6. The van der Waals surface area contributed by atoms with Gasteiger partial charge in [-0.05, 0) is 31.4 Å². The van der Waals surface area contributed by atoms with Crippen molar-refractivity contribution in [1.82, 2.24) is 15.1 Å². The van der Waals surface area contributed by atoms with Crippen molar-refractivity contribution in [3.8, 4) is 5.75 Å². The Kier molecular flexibility index (Phi) is 4.21. The number of aromatic amines is 1. The smallest absolute Gasteiger partial charge is 0.255 e. The molecule has 1 fully saturated rings. The van der Waals surface area contributed by atoms with Crippen LogP contribution in [0.1, 0.15) is 41.3 Å². The van der Waals surface area contributed by atoms with Gasteiger partial charge in [0.2, 0.25) is 0 Å². The van der Waals surface area contributed by atoms with Gasteiger partial charge < -0.3 is 14.7 Å². The van der Waals surface area contributed by atoms with Crippen molar-refractivity contribution >= 4 is 5.91 Å². The number of amides is 1. The molecule has 1 atom stereocenters. The third-order valence-electron chi connectivity index (χ3n) is 5.02. The van der Waals surface area contributed by atoms with Crippen LogP contribution in [0.15, 0.2) is 24.3 Å². The molecule has 2 heterocycles. The minimum Gasteiger partial charge on any atom is -0.490 e. The zero-order valence-corrected chi connectivity index (χ0v) is 14.4. The molecular formula is C19H23N3O3. The first kappa shape index (κ1) is 16.1. The van der Waals surface area contributed by atoms with Gasteiger partial charge in [0.25, 0.3) is 5.91 Å². The number of aliphatic hydroxyl groups excluding tert-OH is 1. The maximum atomic E-state index is 12.6. The fourth-order valence-corrected chi connectivity index (χ4v) is 3.37. The van der Waals surface area contributed by atoms with E-state index in [1.807, 2.05) is 31.2 Å². The average Bonchev–Trinajstić information content (AvgIpc) is 3.39. The lowest BCUT2D eigenvalue weighted by Gasteiger charge is -2.29. The summed E-state index contributed by atoms with van der Waals surface area (Å²) in [6, 6.07) is 7.58. The predicted molar refractivity (Wildman–Crippen MR) is 92.4 cm³/mol. The molecule has 6 heteroatoms. The fraction of sp³-hybridized carbons (Fsp3) is 0.474. The molecule has 1 unspecified atom stereocenters. The summed E-state index contributed by atoms with van der Waals surface area (Å²) in [5, 5.41) is 17.8. The molecule has 1 saturated carbocycles. The van der Waals surface area contributed by atoms with Crippen LogP contribution in [0.3, 0.4) is 0 Å². The number of aliphatic hydroxyl groups is 1. The van der Waals surface area contributed by atoms with Crippen LogP contribution in [0.4, 0.5) is 0 Å². The first-order chi connectivity index (χ1) is 12.1. The lowest BCUT2D eigenvalue weighted by Crippen LogP contribution is -2.44. The first-order valence-electron chi connectivity index (χ1n) is 8.84. The Labute approximate surface area is 146 Å². The Morgan fingerprint density at radius 2 is 2.24 bits per heavy atom. The van der Waals surface area contributed by atoms with Crippen LogP contribution in [0.5, 0.6) is 5.75 Å². The second-order valence-corrected chi connectivity index (χ2v) is 6.94. The van der Waals surface area contributed by atoms with Gasteiger partial charge in [0, 0.05) is 36.7 Å². The molecule has 1 aromatic heterocycles. The van der Waals surface area contributed by atoms with E-state index in [2.05, 4.69) is 10.2 Å². The van der Waals surface area contributed by atoms with E-state index in [-0.39, 0.29) is 12.5 Å². The van der Waals surface area contributed by atoms with Gasteiger partial charge in [-0.25, -0.2) is 0 Å². The molecule has 0 radical (unpaired) electrons. The largest absolute Gasteiger partial charge is 0.490 e. The molecule has 1 aromatic carbocycles. The minimum atomic E-state index is -1.16. The number of H-pyrrole nitrogens is 1. The van der Waals surface area contributed by atoms with E-state index >= 15 is 0 Å². The van der Waals surface area contributed by atoms with E-state index in [4.69, 9.17) is 4.74 Å². The molecule has 132 valence electrons. The van der Waals surface area contributed by atoms with Crippen LogP contribution in [-0.2, 0) is 17.8 Å². The zero-order chi connectivity index (χ0) is 17.4. The van der Waals surface area contributed by atoms with Crippen molar-refractivity contribution in [2.24, 2.45) is 0 Å². The van der Waals surface area contributed by atoms with Crippen LogP contribution >= 0.6 is 0 Å². The van der Waals surface area contributed by atoms with E-state index in [0.717, 1.165) is 28.9 Å². The SMILES string of the molecule is Cc1ccccc1OCC(O)C(=O)N1CCc2[nH]nc(C3CC3)c2C1. The molecule has 1 amide bonds. The Balaban J connectivity index is 1.39. The Bertz CT molecular complexity index is 782. The molecule has 0 spiro atoms. The molecule has 2 aliphatic rings. The number of hydrogen-bond donors (Lipinski definition) is 2. The summed E-state index contributed by atoms with van der Waals surface area (Å²) in [7, 11) is 0. The molecule has 0 bridgehead atoms. The van der Waals surface area contributed by atoms with Gasteiger partial charge in [0.05, 0.1) is 5.69 Å². The molecule has 25 heavy (non-hydrogen) atoms. The molecule has 2 N–H and O–H groups in total. The number of fused-ring (bicyclic) bond motifs is 1. The number of aryl methyl sites for hydroxylation is 1. The predicted octanol–water partition coefficient (Wildman–Crippen LogP) is 1.92. The summed E-state index contributed by atoms with van der Waals surface area (Å²) in [6.07, 6.45) is 1.96. The number of carbonyl (C=O) groups excluding carboxylic acids is 1. The van der Waals surface area contributed by atoms with Gasteiger partial charge in [-0.1, -0.05) is 18.2 Å². The van der Waals surface area contributed by atoms with Crippen molar-refractivity contribution in [3.63, 3.8) is 0 Å². The van der Waals surface area contributed by atoms with Crippen molar-refractivity contribution in [3.05, 3.63) is 46.8 Å². The number of ether oxygens (including phenoxy) is 1. The number of para-hydroxylation sites is 1. The highest BCUT2D eigenvalue weighted by atomic mass is 16.5. The molecule has 6 nitrogen and oxygen atoms in total. The summed E-state index contributed by atoms with van der Waals surface area (Å²) >= 11 is 0. The summed E-state index contributed by atoms with van der Waals surface area (Å²) < 4.78 is 5.62. The Hall–Kier alpha value is -2.34. The lowest BCUT2D eigenvalue weighted by molar-refractivity contribution is -0.142. The van der Waals surface area contributed by atoms with E-state index in [1.54, 1.807) is 4.90 Å². The van der Waals surface area contributed by atoms with Crippen molar-refractivity contribution in [2.75, 3.05) is 13.2 Å². The summed E-state index contributed by atoms with van der Waals surface area (Å²) in [5.74, 6) is 0.965. The van der Waals surface area contributed by atoms with Crippen molar-refractivity contribution in [1.29, 1.82) is 0 Å². The van der Waals surface area contributed by atoms with E-state index in [1.165, 1.54) is 12.8 Å². The standard InChI is InChI=1S/C19H23N3O3/c1-12-4-2-3-5-17(12)25-11-16(23)19(24)22-9-8-15-14(10-22)18(21-20-15)13-6-7-13/h2-5,13,16,23H,6-11H2,1H3,(H,20,21). The third kappa shape index (κ3) is 3.26. The van der Waals surface area contributed by atoms with Crippen LogP contribution < -0.4 is 4.74 Å². The molecule has 0 saturated heterocycles. The second kappa shape index (κ2) is 6.52. The van der Waals surface area contributed by atoms with Crippen LogP contribution in [0.25, 0.3) is 0 Å². The normalized spacial score (nSPS) is 17.9. The number of benzene rings is 1. The van der Waals surface area contributed by atoms with Crippen LogP contribution in [0.2, 0.25) is 0 Å². The number of nitrogens with zero attached hydrogens (tertiary/aromatic N) is 2. The van der Waals surface area contributed by atoms with E-state index in [9.17, 15) is 9.90 Å². The van der Waals surface area contributed by atoms with Gasteiger partial charge in [-0.2, -0.15) is 5.10 Å².